The van der Waals surface area contributed by atoms with Gasteiger partial charge >= 0.3 is 0 Å². The minimum atomic E-state index is 0.302. The lowest BCUT2D eigenvalue weighted by Gasteiger charge is -2.25. The molecule has 1 heterocycles. The second-order valence-corrected chi connectivity index (χ2v) is 3.18. The first-order valence-corrected chi connectivity index (χ1v) is 4.30. The van der Waals surface area contributed by atoms with Gasteiger partial charge in [0.1, 0.15) is 0 Å². The first-order valence-electron chi connectivity index (χ1n) is 4.30. The van der Waals surface area contributed by atoms with Crippen molar-refractivity contribution < 1.29 is 5.11 Å². The first-order chi connectivity index (χ1) is 5.25. The third-order valence-electron chi connectivity index (χ3n) is 2.29. The Balaban J connectivity index is 2.33. The van der Waals surface area contributed by atoms with Gasteiger partial charge in [0, 0.05) is 25.2 Å². The lowest BCUT2D eigenvalue weighted by atomic mass is 10.3. The van der Waals surface area contributed by atoms with E-state index in [1.54, 1.807) is 0 Å². The van der Waals surface area contributed by atoms with Crippen molar-refractivity contribution in [2.75, 3.05) is 13.2 Å². The fourth-order valence-corrected chi connectivity index (χ4v) is 1.57. The molecule has 1 aliphatic rings. The van der Waals surface area contributed by atoms with Crippen LogP contribution in [0.15, 0.2) is 12.2 Å². The maximum atomic E-state index is 8.65. The Kier molecular flexibility index (Phi) is 3.09. The van der Waals surface area contributed by atoms with Crippen LogP contribution in [0.25, 0.3) is 0 Å². The van der Waals surface area contributed by atoms with Crippen molar-refractivity contribution in [2.45, 2.75) is 32.4 Å². The number of rotatable bonds is 3. The molecular formula is C9H17NO. The van der Waals surface area contributed by atoms with E-state index in [0.717, 1.165) is 13.0 Å². The Morgan fingerprint density at radius 1 is 1.27 bits per heavy atom. The molecule has 0 radical (unpaired) electrons. The maximum Gasteiger partial charge on any atom is 0.0443 e. The summed E-state index contributed by atoms with van der Waals surface area (Å²) in [7, 11) is 0. The lowest BCUT2D eigenvalue weighted by molar-refractivity contribution is 0.197. The third kappa shape index (κ3) is 2.04. The molecule has 2 nitrogen and oxygen atoms in total. The quantitative estimate of drug-likeness (QED) is 0.615. The summed E-state index contributed by atoms with van der Waals surface area (Å²) in [5, 5.41) is 8.65. The molecule has 0 aromatic heterocycles. The molecule has 0 fully saturated rings. The fraction of sp³-hybridized carbons (Fsp3) is 0.778. The van der Waals surface area contributed by atoms with Crippen LogP contribution in [0.2, 0.25) is 0 Å². The topological polar surface area (TPSA) is 23.5 Å². The average molecular weight is 155 g/mol. The molecule has 1 rings (SSSR count). The van der Waals surface area contributed by atoms with Crippen LogP contribution in [0.1, 0.15) is 20.3 Å². The van der Waals surface area contributed by atoms with E-state index in [4.69, 9.17) is 5.11 Å². The van der Waals surface area contributed by atoms with Gasteiger partial charge in [0.25, 0.3) is 0 Å². The van der Waals surface area contributed by atoms with Gasteiger partial charge in [0.2, 0.25) is 0 Å². The van der Waals surface area contributed by atoms with Gasteiger partial charge in [-0.05, 0) is 20.3 Å². The summed E-state index contributed by atoms with van der Waals surface area (Å²) in [6.45, 7) is 5.69. The number of aliphatic hydroxyl groups is 1. The standard InChI is InChI=1S/C9H17NO/c1-8-4-5-9(2)10(8)6-3-7-11/h4-5,8-9,11H,3,6-7H2,1-2H3. The van der Waals surface area contributed by atoms with Crippen molar-refractivity contribution in [3.63, 3.8) is 0 Å². The van der Waals surface area contributed by atoms with Gasteiger partial charge in [-0.15, -0.1) is 0 Å². The second kappa shape index (κ2) is 3.88. The Hall–Kier alpha value is -0.340. The molecule has 11 heavy (non-hydrogen) atoms. The molecule has 2 unspecified atom stereocenters. The predicted octanol–water partition coefficient (Wildman–Crippen LogP) is 1.02. The van der Waals surface area contributed by atoms with Gasteiger partial charge in [-0.2, -0.15) is 0 Å². The monoisotopic (exact) mass is 155 g/mol. The number of hydrogen-bond acceptors (Lipinski definition) is 2. The normalized spacial score (nSPS) is 31.5. The Morgan fingerprint density at radius 3 is 2.27 bits per heavy atom. The fourth-order valence-electron chi connectivity index (χ4n) is 1.57. The van der Waals surface area contributed by atoms with Crippen molar-refractivity contribution in [1.82, 2.24) is 4.90 Å². The molecule has 1 aliphatic heterocycles. The summed E-state index contributed by atoms with van der Waals surface area (Å²) in [5.41, 5.74) is 0. The molecule has 0 aliphatic carbocycles. The molecule has 0 spiro atoms. The average Bonchev–Trinajstić information content (AvgIpc) is 2.29. The van der Waals surface area contributed by atoms with Crippen LogP contribution >= 0.6 is 0 Å². The molecule has 2 atom stereocenters. The van der Waals surface area contributed by atoms with Crippen LogP contribution in [0, 0.1) is 0 Å². The molecule has 0 aromatic rings. The zero-order valence-electron chi connectivity index (χ0n) is 7.33. The molecule has 0 bridgehead atoms. The zero-order chi connectivity index (χ0) is 8.27. The van der Waals surface area contributed by atoms with Crippen LogP contribution in [0.4, 0.5) is 0 Å². The van der Waals surface area contributed by atoms with Crippen molar-refractivity contribution in [1.29, 1.82) is 0 Å². The summed E-state index contributed by atoms with van der Waals surface area (Å²) in [6.07, 6.45) is 5.33. The minimum Gasteiger partial charge on any atom is -0.396 e. The Morgan fingerprint density at radius 2 is 1.82 bits per heavy atom. The molecule has 0 aromatic carbocycles. The number of aliphatic hydroxyl groups excluding tert-OH is 1. The van der Waals surface area contributed by atoms with Gasteiger partial charge < -0.3 is 5.11 Å². The van der Waals surface area contributed by atoms with Gasteiger partial charge in [-0.3, -0.25) is 4.90 Å². The van der Waals surface area contributed by atoms with Gasteiger partial charge in [0.05, 0.1) is 0 Å². The van der Waals surface area contributed by atoms with E-state index in [9.17, 15) is 0 Å². The molecule has 64 valence electrons. The van der Waals surface area contributed by atoms with Gasteiger partial charge in [-0.25, -0.2) is 0 Å². The highest BCUT2D eigenvalue weighted by molar-refractivity contribution is 5.06. The van der Waals surface area contributed by atoms with Crippen molar-refractivity contribution in [3.8, 4) is 0 Å². The highest BCUT2D eigenvalue weighted by atomic mass is 16.3. The lowest BCUT2D eigenvalue weighted by Crippen LogP contribution is -2.34. The van der Waals surface area contributed by atoms with E-state index in [2.05, 4.69) is 30.9 Å². The summed E-state index contributed by atoms with van der Waals surface area (Å²) in [4.78, 5) is 2.39. The summed E-state index contributed by atoms with van der Waals surface area (Å²) in [6, 6.07) is 1.10. The molecular weight excluding hydrogens is 138 g/mol. The van der Waals surface area contributed by atoms with E-state index < -0.39 is 0 Å². The van der Waals surface area contributed by atoms with Gasteiger partial charge in [-0.1, -0.05) is 12.2 Å². The number of nitrogens with zero attached hydrogens (tertiary/aromatic N) is 1. The smallest absolute Gasteiger partial charge is 0.0443 e. The van der Waals surface area contributed by atoms with Crippen LogP contribution in [-0.2, 0) is 0 Å². The SMILES string of the molecule is CC1C=CC(C)N1CCCO. The molecule has 2 heteroatoms. The van der Waals surface area contributed by atoms with Crippen molar-refractivity contribution in [2.24, 2.45) is 0 Å². The van der Waals surface area contributed by atoms with Crippen LogP contribution in [0.3, 0.4) is 0 Å². The van der Waals surface area contributed by atoms with Crippen molar-refractivity contribution in [3.05, 3.63) is 12.2 Å². The highest BCUT2D eigenvalue weighted by Crippen LogP contribution is 2.15. The highest BCUT2D eigenvalue weighted by Gasteiger charge is 2.20. The summed E-state index contributed by atoms with van der Waals surface area (Å²) in [5.74, 6) is 0. The van der Waals surface area contributed by atoms with E-state index in [0.29, 0.717) is 18.7 Å². The van der Waals surface area contributed by atoms with Crippen LogP contribution in [0.5, 0.6) is 0 Å². The van der Waals surface area contributed by atoms with E-state index >= 15 is 0 Å². The maximum absolute atomic E-state index is 8.65. The molecule has 0 amide bonds. The minimum absolute atomic E-state index is 0.302. The van der Waals surface area contributed by atoms with E-state index in [-0.39, 0.29) is 0 Å². The Bertz CT molecular complexity index is 132. The van der Waals surface area contributed by atoms with Gasteiger partial charge in [0.15, 0.2) is 0 Å². The molecule has 1 N–H and O–H groups in total. The number of hydrogen-bond donors (Lipinski definition) is 1. The summed E-state index contributed by atoms with van der Waals surface area (Å²) < 4.78 is 0. The third-order valence-corrected chi connectivity index (χ3v) is 2.29. The second-order valence-electron chi connectivity index (χ2n) is 3.18. The summed E-state index contributed by atoms with van der Waals surface area (Å²) >= 11 is 0. The van der Waals surface area contributed by atoms with E-state index in [1.165, 1.54) is 0 Å². The van der Waals surface area contributed by atoms with Crippen LogP contribution < -0.4 is 0 Å². The predicted molar refractivity (Wildman–Crippen MR) is 46.5 cm³/mol. The van der Waals surface area contributed by atoms with Crippen LogP contribution in [-0.4, -0.2) is 35.2 Å². The first kappa shape index (κ1) is 8.75. The molecule has 0 saturated heterocycles. The molecule has 0 saturated carbocycles. The van der Waals surface area contributed by atoms with E-state index in [1.807, 2.05) is 0 Å². The largest absolute Gasteiger partial charge is 0.396 e. The zero-order valence-corrected chi connectivity index (χ0v) is 7.33. The Labute approximate surface area is 68.5 Å². The van der Waals surface area contributed by atoms with Crippen molar-refractivity contribution >= 4 is 0 Å².